The van der Waals surface area contributed by atoms with Gasteiger partial charge in [0.25, 0.3) is 0 Å². The van der Waals surface area contributed by atoms with E-state index < -0.39 is 11.7 Å². The minimum atomic E-state index is -0.669. The van der Waals surface area contributed by atoms with Crippen molar-refractivity contribution < 1.29 is 14.0 Å². The summed E-state index contributed by atoms with van der Waals surface area (Å²) in [5.41, 5.74) is 7.01. The summed E-state index contributed by atoms with van der Waals surface area (Å²) in [7, 11) is 0. The second kappa shape index (κ2) is 7.45. The van der Waals surface area contributed by atoms with Crippen molar-refractivity contribution in [3.63, 3.8) is 0 Å². The van der Waals surface area contributed by atoms with Gasteiger partial charge in [0.15, 0.2) is 5.58 Å². The summed E-state index contributed by atoms with van der Waals surface area (Å²) in [6, 6.07) is 11.6. The summed E-state index contributed by atoms with van der Waals surface area (Å²) < 4.78 is 6.65. The number of para-hydroxylation sites is 2. The number of benzene rings is 2. The predicted molar refractivity (Wildman–Crippen MR) is 98.3 cm³/mol. The quantitative estimate of drug-likeness (QED) is 0.692. The van der Waals surface area contributed by atoms with Gasteiger partial charge in [0.2, 0.25) is 11.8 Å². The first-order valence-corrected chi connectivity index (χ1v) is 8.31. The molecule has 2 aromatic carbocycles. The van der Waals surface area contributed by atoms with Gasteiger partial charge in [-0.15, -0.1) is 0 Å². The molecule has 7 nitrogen and oxygen atoms in total. The van der Waals surface area contributed by atoms with Gasteiger partial charge in [-0.25, -0.2) is 4.79 Å². The zero-order chi connectivity index (χ0) is 18.7. The molecule has 26 heavy (non-hydrogen) atoms. The van der Waals surface area contributed by atoms with Crippen molar-refractivity contribution in [2.75, 3.05) is 5.32 Å². The summed E-state index contributed by atoms with van der Waals surface area (Å²) in [5.74, 6) is -1.36. The Balaban J connectivity index is 1.61. The smallest absolute Gasteiger partial charge is 0.408 e. The number of primary amides is 1. The highest BCUT2D eigenvalue weighted by Crippen LogP contribution is 2.20. The Morgan fingerprint density at radius 1 is 1.19 bits per heavy atom. The third-order valence-electron chi connectivity index (χ3n) is 3.87. The van der Waals surface area contributed by atoms with Gasteiger partial charge in [0, 0.05) is 18.7 Å². The largest absolute Gasteiger partial charge is 0.419 e. The Bertz CT molecular complexity index is 1040. The average Bonchev–Trinajstić information content (AvgIpc) is 2.92. The molecule has 0 aliphatic carbocycles. The molecule has 8 heteroatoms. The fourth-order valence-electron chi connectivity index (χ4n) is 2.64. The maximum absolute atomic E-state index is 12.1. The number of nitrogens with one attached hydrogen (secondary N) is 1. The van der Waals surface area contributed by atoms with Crippen LogP contribution in [0.3, 0.4) is 0 Å². The molecule has 0 unspecified atom stereocenters. The third-order valence-corrected chi connectivity index (χ3v) is 4.20. The lowest BCUT2D eigenvalue weighted by Gasteiger charge is -2.08. The molecule has 2 amide bonds. The van der Waals surface area contributed by atoms with Crippen LogP contribution in [-0.4, -0.2) is 16.4 Å². The Morgan fingerprint density at radius 3 is 2.73 bits per heavy atom. The summed E-state index contributed by atoms with van der Waals surface area (Å²) in [6.45, 7) is 0.358. The van der Waals surface area contributed by atoms with Gasteiger partial charge >= 0.3 is 5.76 Å². The van der Waals surface area contributed by atoms with Crippen LogP contribution in [0.2, 0.25) is 5.02 Å². The molecule has 0 fully saturated rings. The Morgan fingerprint density at radius 2 is 1.96 bits per heavy atom. The van der Waals surface area contributed by atoms with E-state index in [4.69, 9.17) is 21.8 Å². The molecule has 3 N–H and O–H groups in total. The van der Waals surface area contributed by atoms with E-state index in [9.17, 15) is 14.4 Å². The van der Waals surface area contributed by atoms with Crippen LogP contribution in [0.4, 0.5) is 5.69 Å². The molecular weight excluding hydrogens is 358 g/mol. The zero-order valence-electron chi connectivity index (χ0n) is 13.7. The average molecular weight is 374 g/mol. The number of rotatable bonds is 6. The van der Waals surface area contributed by atoms with E-state index >= 15 is 0 Å². The molecule has 0 saturated carbocycles. The van der Waals surface area contributed by atoms with Crippen LogP contribution < -0.4 is 16.8 Å². The molecule has 0 atom stereocenters. The Hall–Kier alpha value is -3.06. The second-order valence-corrected chi connectivity index (χ2v) is 6.11. The molecule has 3 rings (SSSR count). The number of fused-ring (bicyclic) bond motifs is 1. The molecule has 0 saturated heterocycles. The van der Waals surface area contributed by atoms with Gasteiger partial charge in [0.05, 0.1) is 16.1 Å². The molecular formula is C18H16ClN3O4. The number of carbonyl (C=O) groups excluding carboxylic acids is 2. The van der Waals surface area contributed by atoms with E-state index in [1.807, 2.05) is 6.07 Å². The van der Waals surface area contributed by atoms with Crippen molar-refractivity contribution >= 4 is 40.2 Å². The van der Waals surface area contributed by atoms with E-state index in [2.05, 4.69) is 5.32 Å². The first-order chi connectivity index (χ1) is 12.5. The van der Waals surface area contributed by atoms with Crippen LogP contribution in [0.1, 0.15) is 23.2 Å². The van der Waals surface area contributed by atoms with Crippen LogP contribution in [0, 0.1) is 0 Å². The van der Waals surface area contributed by atoms with E-state index in [1.54, 1.807) is 24.3 Å². The van der Waals surface area contributed by atoms with E-state index in [0.29, 0.717) is 29.8 Å². The topological polar surface area (TPSA) is 107 Å². The summed E-state index contributed by atoms with van der Waals surface area (Å²) in [4.78, 5) is 35.2. The number of amides is 2. The molecule has 0 radical (unpaired) electrons. The van der Waals surface area contributed by atoms with E-state index in [1.165, 1.54) is 16.7 Å². The van der Waals surface area contributed by atoms with Crippen molar-refractivity contribution in [3.8, 4) is 0 Å². The number of aryl methyl sites for hydroxylation is 1. The minimum absolute atomic E-state index is 0.140. The maximum Gasteiger partial charge on any atom is 0.419 e. The molecule has 134 valence electrons. The first kappa shape index (κ1) is 17.8. The Labute approximate surface area is 153 Å². The highest BCUT2D eigenvalue weighted by atomic mass is 35.5. The van der Waals surface area contributed by atoms with Crippen molar-refractivity contribution in [3.05, 3.63) is 63.6 Å². The number of nitrogens with two attached hydrogens (primary N) is 1. The van der Waals surface area contributed by atoms with Crippen LogP contribution in [-0.2, 0) is 11.3 Å². The van der Waals surface area contributed by atoms with Crippen molar-refractivity contribution in [2.45, 2.75) is 19.4 Å². The van der Waals surface area contributed by atoms with Gasteiger partial charge in [-0.05, 0) is 36.8 Å². The molecule has 1 aromatic heterocycles. The zero-order valence-corrected chi connectivity index (χ0v) is 14.5. The molecule has 1 heterocycles. The molecule has 0 spiro atoms. The SMILES string of the molecule is NC(=O)c1cc(NC(=O)CCCn2c(=O)oc3ccccc32)ccc1Cl. The standard InChI is InChI=1S/C18H16ClN3O4/c19-13-8-7-11(10-12(13)17(20)24)21-16(23)6-3-9-22-14-4-1-2-5-15(14)26-18(22)25/h1-2,4-5,7-8,10H,3,6,9H2,(H2,20,24)(H,21,23). The van der Waals surface area contributed by atoms with E-state index in [0.717, 1.165) is 0 Å². The number of aromatic nitrogens is 1. The minimum Gasteiger partial charge on any atom is -0.408 e. The van der Waals surface area contributed by atoms with Crippen molar-refractivity contribution in [1.29, 1.82) is 0 Å². The van der Waals surface area contributed by atoms with Crippen molar-refractivity contribution in [2.24, 2.45) is 5.73 Å². The van der Waals surface area contributed by atoms with Gasteiger partial charge in [-0.2, -0.15) is 0 Å². The van der Waals surface area contributed by atoms with Gasteiger partial charge < -0.3 is 15.5 Å². The van der Waals surface area contributed by atoms with Gasteiger partial charge in [-0.1, -0.05) is 23.7 Å². The highest BCUT2D eigenvalue weighted by molar-refractivity contribution is 6.34. The van der Waals surface area contributed by atoms with E-state index in [-0.39, 0.29) is 22.9 Å². The number of nitrogens with zero attached hydrogens (tertiary/aromatic N) is 1. The fourth-order valence-corrected chi connectivity index (χ4v) is 2.85. The monoisotopic (exact) mass is 373 g/mol. The lowest BCUT2D eigenvalue weighted by atomic mass is 10.2. The number of hydrogen-bond donors (Lipinski definition) is 2. The summed E-state index contributed by atoms with van der Waals surface area (Å²) in [6.07, 6.45) is 0.645. The third kappa shape index (κ3) is 3.78. The molecule has 3 aromatic rings. The molecule has 0 aliphatic rings. The Kier molecular flexibility index (Phi) is 5.09. The normalized spacial score (nSPS) is 10.8. The van der Waals surface area contributed by atoms with Crippen molar-refractivity contribution in [1.82, 2.24) is 4.57 Å². The molecule has 0 bridgehead atoms. The number of carbonyl (C=O) groups is 2. The highest BCUT2D eigenvalue weighted by Gasteiger charge is 2.11. The summed E-state index contributed by atoms with van der Waals surface area (Å²) >= 11 is 5.88. The summed E-state index contributed by atoms with van der Waals surface area (Å²) in [5, 5.41) is 2.90. The van der Waals surface area contributed by atoms with Crippen LogP contribution in [0.15, 0.2) is 51.7 Å². The number of anilines is 1. The first-order valence-electron chi connectivity index (χ1n) is 7.93. The lowest BCUT2D eigenvalue weighted by Crippen LogP contribution is -2.17. The number of halogens is 1. The van der Waals surface area contributed by atoms with Gasteiger partial charge in [0.1, 0.15) is 0 Å². The number of oxazole rings is 1. The number of hydrogen-bond acceptors (Lipinski definition) is 4. The van der Waals surface area contributed by atoms with Gasteiger partial charge in [-0.3, -0.25) is 14.2 Å². The lowest BCUT2D eigenvalue weighted by molar-refractivity contribution is -0.116. The molecule has 0 aliphatic heterocycles. The maximum atomic E-state index is 12.1. The fraction of sp³-hybridized carbons (Fsp3) is 0.167. The predicted octanol–water partition coefficient (Wildman–Crippen LogP) is 2.77. The van der Waals surface area contributed by atoms with Crippen LogP contribution in [0.5, 0.6) is 0 Å². The second-order valence-electron chi connectivity index (χ2n) is 5.70. The van der Waals surface area contributed by atoms with Crippen LogP contribution in [0.25, 0.3) is 11.1 Å². The van der Waals surface area contributed by atoms with Crippen LogP contribution >= 0.6 is 11.6 Å².